The first-order valence-corrected chi connectivity index (χ1v) is 12.2. The smallest absolute Gasteiger partial charge is 0.142 e. The summed E-state index contributed by atoms with van der Waals surface area (Å²) in [5.41, 5.74) is 9.42. The summed E-state index contributed by atoms with van der Waals surface area (Å²) in [5, 5.41) is 6.15. The van der Waals surface area contributed by atoms with Gasteiger partial charge in [0.05, 0.1) is 17.1 Å². The Bertz CT molecular complexity index is 1480. The van der Waals surface area contributed by atoms with Gasteiger partial charge in [-0.15, -0.1) is 0 Å². The van der Waals surface area contributed by atoms with Crippen molar-refractivity contribution in [3.63, 3.8) is 0 Å². The molecule has 4 aromatic carbocycles. The van der Waals surface area contributed by atoms with Crippen LogP contribution in [-0.4, -0.2) is 0 Å². The van der Waals surface area contributed by atoms with Crippen molar-refractivity contribution in [2.45, 2.75) is 45.7 Å². The average molecular weight is 447 g/mol. The van der Waals surface area contributed by atoms with Gasteiger partial charge >= 0.3 is 0 Å². The molecule has 1 N–H and O–H groups in total. The van der Waals surface area contributed by atoms with Gasteiger partial charge in [-0.1, -0.05) is 94.4 Å². The van der Waals surface area contributed by atoms with Crippen LogP contribution in [0.2, 0.25) is 0 Å². The van der Waals surface area contributed by atoms with Crippen LogP contribution in [-0.2, 0) is 0 Å². The number of para-hydroxylation sites is 5. The summed E-state index contributed by atoms with van der Waals surface area (Å²) in [6.45, 7) is 9.14. The van der Waals surface area contributed by atoms with Crippen molar-refractivity contribution < 1.29 is 4.42 Å². The van der Waals surface area contributed by atoms with E-state index in [1.165, 1.54) is 22.5 Å². The molecule has 1 unspecified atom stereocenters. The first-order chi connectivity index (χ1) is 16.5. The molecule has 3 heteroatoms. The van der Waals surface area contributed by atoms with Gasteiger partial charge in [0.15, 0.2) is 0 Å². The van der Waals surface area contributed by atoms with Crippen molar-refractivity contribution in [1.29, 1.82) is 0 Å². The molecule has 0 saturated heterocycles. The Hall–Kier alpha value is -3.72. The fraction of sp³-hybridized carbons (Fsp3) is 0.226. The molecular formula is C31H30N2O. The van der Waals surface area contributed by atoms with Gasteiger partial charge in [-0.25, -0.2) is 0 Å². The molecule has 5 aromatic rings. The van der Waals surface area contributed by atoms with Gasteiger partial charge in [0.2, 0.25) is 0 Å². The zero-order valence-electron chi connectivity index (χ0n) is 20.2. The van der Waals surface area contributed by atoms with Crippen molar-refractivity contribution >= 4 is 39.0 Å². The molecule has 0 spiro atoms. The molecule has 34 heavy (non-hydrogen) atoms. The Labute approximate surface area is 201 Å². The molecule has 2 heterocycles. The van der Waals surface area contributed by atoms with Crippen LogP contribution >= 0.6 is 0 Å². The van der Waals surface area contributed by atoms with Gasteiger partial charge in [0.25, 0.3) is 0 Å². The SMILES string of the molecule is CC(C)c1cccc(C(C)C)c1N1c2ccccc2NC1c1cccc2c1oc1ccccc12. The highest BCUT2D eigenvalue weighted by Gasteiger charge is 2.36. The Kier molecular flexibility index (Phi) is 4.88. The van der Waals surface area contributed by atoms with Gasteiger partial charge in [-0.3, -0.25) is 0 Å². The van der Waals surface area contributed by atoms with E-state index in [-0.39, 0.29) is 6.17 Å². The molecular weight excluding hydrogens is 416 g/mol. The average Bonchev–Trinajstić information content (AvgIpc) is 3.42. The molecule has 0 saturated carbocycles. The van der Waals surface area contributed by atoms with Crippen molar-refractivity contribution in [1.82, 2.24) is 0 Å². The van der Waals surface area contributed by atoms with E-state index in [4.69, 9.17) is 4.42 Å². The third-order valence-electron chi connectivity index (χ3n) is 7.03. The predicted octanol–water partition coefficient (Wildman–Crippen LogP) is 9.10. The lowest BCUT2D eigenvalue weighted by molar-refractivity contribution is 0.655. The summed E-state index contributed by atoms with van der Waals surface area (Å²) >= 11 is 0. The lowest BCUT2D eigenvalue weighted by Gasteiger charge is -2.33. The van der Waals surface area contributed by atoms with Crippen LogP contribution in [0.1, 0.15) is 62.4 Å². The number of nitrogens with zero attached hydrogens (tertiary/aromatic N) is 1. The highest BCUT2D eigenvalue weighted by molar-refractivity contribution is 6.06. The zero-order chi connectivity index (χ0) is 23.4. The largest absolute Gasteiger partial charge is 0.456 e. The Morgan fingerprint density at radius 2 is 1.35 bits per heavy atom. The second-order valence-electron chi connectivity index (χ2n) is 9.85. The number of anilines is 3. The van der Waals surface area contributed by atoms with Crippen molar-refractivity contribution in [2.75, 3.05) is 10.2 Å². The summed E-state index contributed by atoms with van der Waals surface area (Å²) in [6, 6.07) is 30.2. The normalized spacial score (nSPS) is 15.5. The van der Waals surface area contributed by atoms with E-state index in [0.717, 1.165) is 33.2 Å². The molecule has 6 rings (SSSR count). The Morgan fingerprint density at radius 3 is 2.12 bits per heavy atom. The molecule has 1 aliphatic heterocycles. The van der Waals surface area contributed by atoms with Gasteiger partial charge in [0.1, 0.15) is 17.3 Å². The minimum absolute atomic E-state index is 0.0703. The maximum Gasteiger partial charge on any atom is 0.142 e. The molecule has 3 nitrogen and oxygen atoms in total. The standard InChI is InChI=1S/C31H30N2O/c1-19(2)21-12-9-13-22(20(3)4)29(21)33-27-17-7-6-16-26(27)32-31(33)25-15-10-14-24-23-11-5-8-18-28(23)34-30(24)25/h5-20,31-32H,1-4H3. The molecule has 1 aromatic heterocycles. The van der Waals surface area contributed by atoms with E-state index >= 15 is 0 Å². The van der Waals surface area contributed by atoms with E-state index in [0.29, 0.717) is 11.8 Å². The van der Waals surface area contributed by atoms with Crippen LogP contribution in [0.15, 0.2) is 89.3 Å². The second kappa shape index (κ2) is 7.95. The number of rotatable bonds is 4. The lowest BCUT2D eigenvalue weighted by Crippen LogP contribution is -2.26. The Balaban J connectivity index is 1.64. The maximum atomic E-state index is 6.47. The third kappa shape index (κ3) is 3.11. The first kappa shape index (κ1) is 20.9. The van der Waals surface area contributed by atoms with Crippen molar-refractivity contribution in [3.05, 3.63) is 102 Å². The fourth-order valence-electron chi connectivity index (χ4n) is 5.40. The topological polar surface area (TPSA) is 28.4 Å². The van der Waals surface area contributed by atoms with E-state index in [2.05, 4.69) is 117 Å². The van der Waals surface area contributed by atoms with Crippen molar-refractivity contribution in [3.8, 4) is 0 Å². The van der Waals surface area contributed by atoms with Crippen LogP contribution in [0.5, 0.6) is 0 Å². The minimum Gasteiger partial charge on any atom is -0.456 e. The first-order valence-electron chi connectivity index (χ1n) is 12.2. The highest BCUT2D eigenvalue weighted by Crippen LogP contribution is 2.51. The summed E-state index contributed by atoms with van der Waals surface area (Å²) in [6.07, 6.45) is -0.0703. The van der Waals surface area contributed by atoms with Crippen LogP contribution in [0.3, 0.4) is 0 Å². The van der Waals surface area contributed by atoms with Crippen LogP contribution < -0.4 is 10.2 Å². The summed E-state index contributed by atoms with van der Waals surface area (Å²) in [7, 11) is 0. The highest BCUT2D eigenvalue weighted by atomic mass is 16.3. The number of fused-ring (bicyclic) bond motifs is 4. The van der Waals surface area contributed by atoms with Gasteiger partial charge in [-0.2, -0.15) is 0 Å². The molecule has 0 amide bonds. The van der Waals surface area contributed by atoms with Crippen molar-refractivity contribution in [2.24, 2.45) is 0 Å². The Morgan fingerprint density at radius 1 is 0.706 bits per heavy atom. The third-order valence-corrected chi connectivity index (χ3v) is 7.03. The number of hydrogen-bond acceptors (Lipinski definition) is 3. The molecule has 0 radical (unpaired) electrons. The van der Waals surface area contributed by atoms with Crippen LogP contribution in [0, 0.1) is 0 Å². The minimum atomic E-state index is -0.0703. The zero-order valence-corrected chi connectivity index (χ0v) is 20.2. The quantitative estimate of drug-likeness (QED) is 0.298. The number of nitrogens with one attached hydrogen (secondary N) is 1. The molecule has 170 valence electrons. The monoisotopic (exact) mass is 446 g/mol. The summed E-state index contributed by atoms with van der Waals surface area (Å²) in [5.74, 6) is 0.813. The van der Waals surface area contributed by atoms with E-state index in [9.17, 15) is 0 Å². The van der Waals surface area contributed by atoms with E-state index in [1.54, 1.807) is 0 Å². The fourth-order valence-corrected chi connectivity index (χ4v) is 5.40. The molecule has 0 fully saturated rings. The van der Waals surface area contributed by atoms with Gasteiger partial charge in [-0.05, 0) is 41.2 Å². The molecule has 0 bridgehead atoms. The number of furan rings is 1. The van der Waals surface area contributed by atoms with Crippen LogP contribution in [0.4, 0.5) is 17.1 Å². The van der Waals surface area contributed by atoms with Gasteiger partial charge < -0.3 is 14.6 Å². The number of hydrogen-bond donors (Lipinski definition) is 1. The lowest BCUT2D eigenvalue weighted by atomic mass is 9.91. The van der Waals surface area contributed by atoms with Crippen LogP contribution in [0.25, 0.3) is 21.9 Å². The summed E-state index contributed by atoms with van der Waals surface area (Å²) in [4.78, 5) is 2.50. The second-order valence-corrected chi connectivity index (χ2v) is 9.85. The molecule has 1 atom stereocenters. The maximum absolute atomic E-state index is 6.47. The van der Waals surface area contributed by atoms with E-state index < -0.39 is 0 Å². The predicted molar refractivity (Wildman–Crippen MR) is 143 cm³/mol. The summed E-state index contributed by atoms with van der Waals surface area (Å²) < 4.78 is 6.47. The van der Waals surface area contributed by atoms with E-state index in [1.807, 2.05) is 6.07 Å². The van der Waals surface area contributed by atoms with Gasteiger partial charge in [0, 0.05) is 16.3 Å². The molecule has 0 aliphatic carbocycles. The number of benzene rings is 4. The molecule has 1 aliphatic rings.